The molecule has 0 unspecified atom stereocenters. The van der Waals surface area contributed by atoms with Crippen LogP contribution in [-0.4, -0.2) is 23.7 Å². The zero-order valence-electron chi connectivity index (χ0n) is 8.31. The molecule has 0 fully saturated rings. The van der Waals surface area contributed by atoms with Crippen molar-refractivity contribution in [2.75, 3.05) is 6.61 Å². The third kappa shape index (κ3) is 1.42. The molecule has 16 heavy (non-hydrogen) atoms. The Morgan fingerprint density at radius 2 is 2.19 bits per heavy atom. The van der Waals surface area contributed by atoms with Crippen molar-refractivity contribution in [3.63, 3.8) is 0 Å². The van der Waals surface area contributed by atoms with E-state index in [9.17, 15) is 9.59 Å². The van der Waals surface area contributed by atoms with Gasteiger partial charge in [0.1, 0.15) is 16.7 Å². The number of carboxylic acids is 1. The molecular formula is C10H8O5S. The summed E-state index contributed by atoms with van der Waals surface area (Å²) in [6.45, 7) is 1.81. The fraction of sp³-hybridized carbons (Fsp3) is 0.200. The number of carboxylic acid groups (broad SMARTS) is 1. The number of furan rings is 2. The number of carbonyl (C=O) groups excluding carboxylic acids is 1. The summed E-state index contributed by atoms with van der Waals surface area (Å²) in [4.78, 5) is 23.0. The van der Waals surface area contributed by atoms with Crippen molar-refractivity contribution in [3.8, 4) is 0 Å². The standard InChI is InChI=1S/C10H8O5S/c1-2-14-10(13)7-6(9(11)12)4-3-5(16)8(7)15-4/h3,16H,2H2,1H3,(H,11,12). The maximum Gasteiger partial charge on any atom is 0.343 e. The van der Waals surface area contributed by atoms with Crippen LogP contribution in [0.2, 0.25) is 0 Å². The zero-order chi connectivity index (χ0) is 11.9. The van der Waals surface area contributed by atoms with Crippen LogP contribution in [0.4, 0.5) is 0 Å². The number of esters is 1. The van der Waals surface area contributed by atoms with E-state index in [0.29, 0.717) is 4.90 Å². The predicted molar refractivity (Wildman–Crippen MR) is 57.6 cm³/mol. The molecule has 0 aromatic carbocycles. The van der Waals surface area contributed by atoms with Crippen LogP contribution in [0.25, 0.3) is 11.2 Å². The van der Waals surface area contributed by atoms with Crippen LogP contribution in [0.1, 0.15) is 27.6 Å². The molecule has 0 aliphatic heterocycles. The van der Waals surface area contributed by atoms with Crippen LogP contribution in [0.5, 0.6) is 0 Å². The van der Waals surface area contributed by atoms with Gasteiger partial charge in [0, 0.05) is 0 Å². The van der Waals surface area contributed by atoms with Gasteiger partial charge in [0.15, 0.2) is 5.58 Å². The Balaban J connectivity index is 2.63. The highest BCUT2D eigenvalue weighted by Gasteiger charge is 2.30. The fourth-order valence-electron chi connectivity index (χ4n) is 1.53. The molecule has 0 amide bonds. The monoisotopic (exact) mass is 240 g/mol. The van der Waals surface area contributed by atoms with E-state index < -0.39 is 11.9 Å². The highest BCUT2D eigenvalue weighted by atomic mass is 32.1. The summed E-state index contributed by atoms with van der Waals surface area (Å²) in [6, 6.07) is 1.46. The first-order valence-corrected chi connectivity index (χ1v) is 4.99. The van der Waals surface area contributed by atoms with E-state index in [2.05, 4.69) is 12.6 Å². The molecule has 0 aliphatic rings. The number of thiol groups is 1. The molecule has 2 aromatic rings. The van der Waals surface area contributed by atoms with Gasteiger partial charge in [-0.05, 0) is 13.0 Å². The van der Waals surface area contributed by atoms with Crippen molar-refractivity contribution in [2.24, 2.45) is 0 Å². The molecule has 0 saturated carbocycles. The Bertz CT molecular complexity index is 556. The Labute approximate surface area is 95.7 Å². The molecule has 84 valence electrons. The number of benzene rings is 1. The summed E-state index contributed by atoms with van der Waals surface area (Å²) < 4.78 is 9.92. The number of rotatable bonds is 3. The number of hydrogen-bond acceptors (Lipinski definition) is 5. The van der Waals surface area contributed by atoms with Crippen LogP contribution < -0.4 is 0 Å². The zero-order valence-corrected chi connectivity index (χ0v) is 9.21. The quantitative estimate of drug-likeness (QED) is 0.634. The first kappa shape index (κ1) is 10.8. The normalized spacial score (nSPS) is 10.9. The Hall–Kier alpha value is -1.69. The van der Waals surface area contributed by atoms with Gasteiger partial charge in [-0.2, -0.15) is 0 Å². The van der Waals surface area contributed by atoms with Gasteiger partial charge in [-0.1, -0.05) is 0 Å². The van der Waals surface area contributed by atoms with E-state index in [0.717, 1.165) is 0 Å². The fourth-order valence-corrected chi connectivity index (χ4v) is 1.81. The first-order chi connectivity index (χ1) is 7.56. The van der Waals surface area contributed by atoms with E-state index in [1.54, 1.807) is 6.92 Å². The van der Waals surface area contributed by atoms with Crippen molar-refractivity contribution in [2.45, 2.75) is 11.8 Å². The third-order valence-corrected chi connectivity index (χ3v) is 2.46. The summed E-state index contributed by atoms with van der Waals surface area (Å²) in [7, 11) is 0. The molecule has 0 spiro atoms. The first-order valence-electron chi connectivity index (χ1n) is 4.54. The topological polar surface area (TPSA) is 76.7 Å². The lowest BCUT2D eigenvalue weighted by molar-refractivity contribution is 0.0517. The lowest BCUT2D eigenvalue weighted by atomic mass is 10.1. The SMILES string of the molecule is CCOC(=O)c1c(C(=O)O)c2cc(S)c1o2. The number of carbonyl (C=O) groups is 2. The second-order valence-electron chi connectivity index (χ2n) is 3.10. The van der Waals surface area contributed by atoms with Gasteiger partial charge in [0.2, 0.25) is 0 Å². The third-order valence-electron chi connectivity index (χ3n) is 2.13. The van der Waals surface area contributed by atoms with E-state index >= 15 is 0 Å². The van der Waals surface area contributed by atoms with Gasteiger partial charge in [0.05, 0.1) is 11.5 Å². The second kappa shape index (κ2) is 3.71. The van der Waals surface area contributed by atoms with E-state index in [1.165, 1.54) is 6.07 Å². The lowest BCUT2D eigenvalue weighted by Crippen LogP contribution is -2.10. The van der Waals surface area contributed by atoms with Gasteiger partial charge in [-0.25, -0.2) is 9.59 Å². The van der Waals surface area contributed by atoms with Crippen molar-refractivity contribution in [1.29, 1.82) is 0 Å². The second-order valence-corrected chi connectivity index (χ2v) is 3.58. The van der Waals surface area contributed by atoms with Crippen LogP contribution in [-0.2, 0) is 4.74 Å². The molecule has 2 rings (SSSR count). The van der Waals surface area contributed by atoms with Gasteiger partial charge < -0.3 is 14.3 Å². The maximum atomic E-state index is 11.6. The predicted octanol–water partition coefficient (Wildman–Crippen LogP) is 2.03. The van der Waals surface area contributed by atoms with Crippen molar-refractivity contribution in [3.05, 3.63) is 17.2 Å². The summed E-state index contributed by atoms with van der Waals surface area (Å²) in [5.41, 5.74) is 0.0767. The molecule has 1 N–H and O–H groups in total. The van der Waals surface area contributed by atoms with Crippen molar-refractivity contribution < 1.29 is 23.8 Å². The van der Waals surface area contributed by atoms with E-state index in [1.807, 2.05) is 0 Å². The molecule has 2 aromatic heterocycles. The van der Waals surface area contributed by atoms with Gasteiger partial charge in [0.25, 0.3) is 0 Å². The highest BCUT2D eigenvalue weighted by Crippen LogP contribution is 2.34. The molecule has 0 aliphatic carbocycles. The summed E-state index contributed by atoms with van der Waals surface area (Å²) in [6.07, 6.45) is 0. The van der Waals surface area contributed by atoms with Gasteiger partial charge >= 0.3 is 11.9 Å². The largest absolute Gasteiger partial charge is 0.478 e. The number of aromatic carboxylic acids is 1. The summed E-state index contributed by atoms with van der Waals surface area (Å²) >= 11 is 4.07. The van der Waals surface area contributed by atoms with E-state index in [4.69, 9.17) is 14.3 Å². The molecule has 0 saturated heterocycles. The van der Waals surface area contributed by atoms with Crippen molar-refractivity contribution in [1.82, 2.24) is 0 Å². The highest BCUT2D eigenvalue weighted by molar-refractivity contribution is 7.80. The number of hydrogen-bond donors (Lipinski definition) is 2. The maximum absolute atomic E-state index is 11.6. The van der Waals surface area contributed by atoms with Crippen LogP contribution in [0.3, 0.4) is 0 Å². The Morgan fingerprint density at radius 1 is 1.50 bits per heavy atom. The van der Waals surface area contributed by atoms with Crippen LogP contribution in [0, 0.1) is 0 Å². The molecule has 0 atom stereocenters. The molecule has 0 radical (unpaired) electrons. The minimum atomic E-state index is -1.22. The Kier molecular flexibility index (Phi) is 2.51. The average molecular weight is 240 g/mol. The smallest absolute Gasteiger partial charge is 0.343 e. The van der Waals surface area contributed by atoms with Crippen LogP contribution in [0.15, 0.2) is 15.4 Å². The summed E-state index contributed by atoms with van der Waals surface area (Å²) in [5, 5.41) is 8.98. The van der Waals surface area contributed by atoms with Crippen LogP contribution >= 0.6 is 12.6 Å². The molecule has 6 heteroatoms. The lowest BCUT2D eigenvalue weighted by Gasteiger charge is -2.02. The number of fused-ring (bicyclic) bond motifs is 2. The molecule has 2 heterocycles. The Morgan fingerprint density at radius 3 is 2.75 bits per heavy atom. The summed E-state index contributed by atoms with van der Waals surface area (Å²) in [5.74, 6) is -1.92. The minimum Gasteiger partial charge on any atom is -0.478 e. The molecular weight excluding hydrogens is 232 g/mol. The van der Waals surface area contributed by atoms with Gasteiger partial charge in [-0.3, -0.25) is 0 Å². The van der Waals surface area contributed by atoms with Crippen molar-refractivity contribution >= 4 is 35.7 Å². The minimum absolute atomic E-state index is 0.0585. The van der Waals surface area contributed by atoms with Gasteiger partial charge in [-0.15, -0.1) is 12.6 Å². The average Bonchev–Trinajstić information content (AvgIpc) is 2.73. The van der Waals surface area contributed by atoms with E-state index in [-0.39, 0.29) is 28.9 Å². The molecule has 2 bridgehead atoms. The number of ether oxygens (including phenoxy) is 1. The molecule has 5 nitrogen and oxygen atoms in total.